The molecular formula is C18H23N5O5S2. The van der Waals surface area contributed by atoms with E-state index in [2.05, 4.69) is 21.3 Å². The summed E-state index contributed by atoms with van der Waals surface area (Å²) in [4.78, 5) is 48.8. The largest absolute Gasteiger partial charge is 0.450 e. The van der Waals surface area contributed by atoms with Crippen molar-refractivity contribution in [2.24, 2.45) is 11.7 Å². The second-order valence-electron chi connectivity index (χ2n) is 6.51. The predicted octanol–water partition coefficient (Wildman–Crippen LogP) is 0.896. The average Bonchev–Trinajstić information content (AvgIpc) is 3.34. The van der Waals surface area contributed by atoms with E-state index in [4.69, 9.17) is 10.5 Å². The van der Waals surface area contributed by atoms with Gasteiger partial charge < -0.3 is 26.4 Å². The third-order valence-electron chi connectivity index (χ3n) is 4.43. The zero-order valence-corrected chi connectivity index (χ0v) is 17.9. The van der Waals surface area contributed by atoms with E-state index in [9.17, 15) is 19.2 Å². The van der Waals surface area contributed by atoms with Crippen molar-refractivity contribution in [2.75, 3.05) is 29.5 Å². The van der Waals surface area contributed by atoms with Crippen LogP contribution in [0.15, 0.2) is 23.1 Å². The number of imide groups is 1. The third-order valence-corrected chi connectivity index (χ3v) is 6.87. The van der Waals surface area contributed by atoms with Crippen LogP contribution in [0.25, 0.3) is 0 Å². The van der Waals surface area contributed by atoms with Gasteiger partial charge in [0.25, 0.3) is 5.91 Å². The quantitative estimate of drug-likeness (QED) is 0.423. The van der Waals surface area contributed by atoms with Crippen LogP contribution in [0.5, 0.6) is 0 Å². The summed E-state index contributed by atoms with van der Waals surface area (Å²) in [5.74, 6) is -0.848. The molecule has 1 aromatic carbocycles. The molecular weight excluding hydrogens is 430 g/mol. The van der Waals surface area contributed by atoms with Gasteiger partial charge in [-0.2, -0.15) is 0 Å². The van der Waals surface area contributed by atoms with E-state index < -0.39 is 28.7 Å². The van der Waals surface area contributed by atoms with Crippen molar-refractivity contribution in [3.63, 3.8) is 0 Å². The second kappa shape index (κ2) is 10.0. The van der Waals surface area contributed by atoms with Crippen LogP contribution in [0.2, 0.25) is 0 Å². The maximum Gasteiger partial charge on any atom is 0.413 e. The highest BCUT2D eigenvalue weighted by Gasteiger charge is 2.38. The lowest BCUT2D eigenvalue weighted by Gasteiger charge is -2.21. The Kier molecular flexibility index (Phi) is 7.45. The smallest absolute Gasteiger partial charge is 0.413 e. The summed E-state index contributed by atoms with van der Waals surface area (Å²) in [5, 5.41) is 9.89. The number of carbonyl (C=O) groups excluding carboxylic acids is 4. The molecule has 1 saturated heterocycles. The van der Waals surface area contributed by atoms with Gasteiger partial charge in [0.15, 0.2) is 5.37 Å². The van der Waals surface area contributed by atoms with E-state index >= 15 is 0 Å². The van der Waals surface area contributed by atoms with Gasteiger partial charge in [-0.15, -0.1) is 11.8 Å². The number of hydrogen-bond donors (Lipinski definition) is 5. The first-order valence-electron chi connectivity index (χ1n) is 9.38. The molecule has 12 heteroatoms. The van der Waals surface area contributed by atoms with Crippen molar-refractivity contribution in [1.82, 2.24) is 10.6 Å². The molecule has 2 heterocycles. The molecule has 0 radical (unpaired) electrons. The molecule has 0 saturated carbocycles. The van der Waals surface area contributed by atoms with E-state index in [0.29, 0.717) is 17.9 Å². The molecule has 3 rings (SSSR count). The topological polar surface area (TPSA) is 152 Å². The Bertz CT molecular complexity index is 852. The van der Waals surface area contributed by atoms with Gasteiger partial charge in [0.2, 0.25) is 11.8 Å². The van der Waals surface area contributed by atoms with Crippen molar-refractivity contribution in [3.05, 3.63) is 18.2 Å². The Morgan fingerprint density at radius 1 is 1.27 bits per heavy atom. The van der Waals surface area contributed by atoms with Crippen LogP contribution < -0.4 is 27.0 Å². The van der Waals surface area contributed by atoms with Crippen molar-refractivity contribution in [3.8, 4) is 0 Å². The molecule has 10 nitrogen and oxygen atoms in total. The molecule has 30 heavy (non-hydrogen) atoms. The van der Waals surface area contributed by atoms with Crippen LogP contribution in [-0.2, 0) is 19.1 Å². The standard InChI is InChI=1S/C18H23N5O5S2/c1-2-28-18(27)23-14(25)10-5-6-29-16(10)22-15(26)17-21-11-4-3-9(7-12(11)30-17)20-13(24)8-19/h3-4,7,10,16-17,21H,2,5-6,8,19H2,1H3,(H,20,24)(H,22,26)(H,23,25,27). The molecule has 1 aromatic rings. The number of alkyl carbamates (subject to hydrolysis) is 1. The summed E-state index contributed by atoms with van der Waals surface area (Å²) >= 11 is 2.77. The molecule has 2 aliphatic rings. The van der Waals surface area contributed by atoms with Crippen LogP contribution in [0.4, 0.5) is 16.2 Å². The zero-order chi connectivity index (χ0) is 21.7. The number of fused-ring (bicyclic) bond motifs is 1. The first kappa shape index (κ1) is 22.2. The minimum atomic E-state index is -0.787. The lowest BCUT2D eigenvalue weighted by Crippen LogP contribution is -2.47. The number of benzene rings is 1. The number of nitrogens with one attached hydrogen (secondary N) is 4. The van der Waals surface area contributed by atoms with Gasteiger partial charge >= 0.3 is 6.09 Å². The van der Waals surface area contributed by atoms with Gasteiger partial charge in [-0.1, -0.05) is 11.8 Å². The van der Waals surface area contributed by atoms with E-state index in [0.717, 1.165) is 10.6 Å². The monoisotopic (exact) mass is 453 g/mol. The lowest BCUT2D eigenvalue weighted by atomic mass is 10.1. The van der Waals surface area contributed by atoms with Gasteiger partial charge in [-0.05, 0) is 37.3 Å². The summed E-state index contributed by atoms with van der Waals surface area (Å²) in [5.41, 5.74) is 6.69. The molecule has 3 atom stereocenters. The zero-order valence-electron chi connectivity index (χ0n) is 16.2. The van der Waals surface area contributed by atoms with Crippen LogP contribution in [-0.4, -0.2) is 53.5 Å². The number of amides is 4. The first-order valence-corrected chi connectivity index (χ1v) is 11.3. The Labute approximate surface area is 181 Å². The highest BCUT2D eigenvalue weighted by atomic mass is 32.2. The van der Waals surface area contributed by atoms with Gasteiger partial charge in [-0.25, -0.2) is 4.79 Å². The van der Waals surface area contributed by atoms with Gasteiger partial charge in [-0.3, -0.25) is 19.7 Å². The number of hydrogen-bond acceptors (Lipinski definition) is 9. The Balaban J connectivity index is 1.57. The number of rotatable bonds is 6. The minimum Gasteiger partial charge on any atom is -0.450 e. The highest BCUT2D eigenvalue weighted by Crippen LogP contribution is 2.40. The Morgan fingerprint density at radius 3 is 2.80 bits per heavy atom. The number of anilines is 2. The molecule has 0 bridgehead atoms. The van der Waals surface area contributed by atoms with Gasteiger partial charge in [0.1, 0.15) is 0 Å². The number of nitrogens with two attached hydrogens (primary N) is 1. The normalized spacial score (nSPS) is 21.9. The van der Waals surface area contributed by atoms with Crippen molar-refractivity contribution in [1.29, 1.82) is 0 Å². The average molecular weight is 454 g/mol. The first-order chi connectivity index (χ1) is 14.4. The molecule has 0 aliphatic carbocycles. The maximum absolute atomic E-state index is 12.8. The highest BCUT2D eigenvalue weighted by molar-refractivity contribution is 8.01. The van der Waals surface area contributed by atoms with E-state index in [-0.39, 0.29) is 25.0 Å². The maximum atomic E-state index is 12.8. The number of thioether (sulfide) groups is 2. The second-order valence-corrected chi connectivity index (χ2v) is 8.91. The third kappa shape index (κ3) is 5.37. The number of carbonyl (C=O) groups is 4. The fourth-order valence-corrected chi connectivity index (χ4v) is 5.42. The van der Waals surface area contributed by atoms with Crippen LogP contribution in [0.1, 0.15) is 13.3 Å². The van der Waals surface area contributed by atoms with E-state index in [1.807, 2.05) is 0 Å². The lowest BCUT2D eigenvalue weighted by molar-refractivity contribution is -0.125. The summed E-state index contributed by atoms with van der Waals surface area (Å²) < 4.78 is 4.73. The van der Waals surface area contributed by atoms with Crippen LogP contribution in [0, 0.1) is 5.92 Å². The Morgan fingerprint density at radius 2 is 2.07 bits per heavy atom. The van der Waals surface area contributed by atoms with Crippen molar-refractivity contribution >= 4 is 58.7 Å². The Hall–Kier alpha value is -2.44. The SMILES string of the molecule is CCOC(=O)NC(=O)C1CCSC1NC(=O)C1Nc2ccc(NC(=O)CN)cc2S1. The predicted molar refractivity (Wildman–Crippen MR) is 115 cm³/mol. The molecule has 6 N–H and O–H groups in total. The number of ether oxygens (including phenoxy) is 1. The fraction of sp³-hybridized carbons (Fsp3) is 0.444. The summed E-state index contributed by atoms with van der Waals surface area (Å²) in [7, 11) is 0. The molecule has 1 fully saturated rings. The van der Waals surface area contributed by atoms with Crippen LogP contribution in [0.3, 0.4) is 0 Å². The van der Waals surface area contributed by atoms with Crippen molar-refractivity contribution < 1.29 is 23.9 Å². The summed E-state index contributed by atoms with van der Waals surface area (Å²) in [6.07, 6.45) is -0.235. The van der Waals surface area contributed by atoms with Gasteiger partial charge in [0.05, 0.1) is 24.4 Å². The van der Waals surface area contributed by atoms with E-state index in [1.54, 1.807) is 25.1 Å². The summed E-state index contributed by atoms with van der Waals surface area (Å²) in [6, 6.07) is 5.28. The molecule has 2 aliphatic heterocycles. The molecule has 3 unspecified atom stereocenters. The van der Waals surface area contributed by atoms with Gasteiger partial charge in [0, 0.05) is 16.3 Å². The molecule has 0 aromatic heterocycles. The molecule has 4 amide bonds. The fourth-order valence-electron chi connectivity index (χ4n) is 3.02. The molecule has 162 valence electrons. The van der Waals surface area contributed by atoms with E-state index in [1.165, 1.54) is 23.5 Å². The minimum absolute atomic E-state index is 0.114. The summed E-state index contributed by atoms with van der Waals surface area (Å²) in [6.45, 7) is 1.71. The van der Waals surface area contributed by atoms with Crippen molar-refractivity contribution in [2.45, 2.75) is 29.0 Å². The molecule has 0 spiro atoms. The van der Waals surface area contributed by atoms with Crippen LogP contribution >= 0.6 is 23.5 Å².